The summed E-state index contributed by atoms with van der Waals surface area (Å²) in [6.45, 7) is 3.64. The van der Waals surface area contributed by atoms with Crippen molar-refractivity contribution in [3.63, 3.8) is 0 Å². The van der Waals surface area contributed by atoms with Gasteiger partial charge in [0.25, 0.3) is 0 Å². The van der Waals surface area contributed by atoms with Crippen LogP contribution in [0.2, 0.25) is 0 Å². The highest BCUT2D eigenvalue weighted by atomic mass is 16.4. The number of hydrogen-bond acceptors (Lipinski definition) is 5. The monoisotopic (exact) mass is 254 g/mol. The molecule has 1 aromatic heterocycles. The van der Waals surface area contributed by atoms with Crippen LogP contribution in [0, 0.1) is 0 Å². The Kier molecular flexibility index (Phi) is 3.33. The number of rotatable bonds is 1. The van der Waals surface area contributed by atoms with Gasteiger partial charge in [0, 0.05) is 13.1 Å². The Morgan fingerprint density at radius 1 is 1.33 bits per heavy atom. The van der Waals surface area contributed by atoms with Crippen LogP contribution in [0.25, 0.3) is 0 Å². The maximum absolute atomic E-state index is 9.10. The summed E-state index contributed by atoms with van der Waals surface area (Å²) >= 11 is 0. The van der Waals surface area contributed by atoms with E-state index in [0.717, 1.165) is 5.76 Å². The summed E-state index contributed by atoms with van der Waals surface area (Å²) in [6, 6.07) is 0. The van der Waals surface area contributed by atoms with Crippen LogP contribution >= 0.6 is 0 Å². The van der Waals surface area contributed by atoms with E-state index in [1.807, 2.05) is 6.20 Å². The van der Waals surface area contributed by atoms with Crippen LogP contribution in [-0.4, -0.2) is 51.7 Å². The number of hydrogen-bond donors (Lipinski definition) is 2. The number of carboxylic acid groups (broad SMARTS) is 2. The standard InChI is InChI=1S/C9H12N2O.C2H2O4/c1-2-9(5-11(3-1)6-9)8-4-10-7-12-8;3-1(4)2(5)6/h4,7H,1-3,5-6H2;(H,3,4)(H,5,6). The van der Waals surface area contributed by atoms with Crippen LogP contribution in [-0.2, 0) is 15.0 Å². The minimum absolute atomic E-state index is 0.342. The first-order chi connectivity index (χ1) is 8.53. The molecule has 0 unspecified atom stereocenters. The van der Waals surface area contributed by atoms with E-state index in [1.54, 1.807) is 6.39 Å². The van der Waals surface area contributed by atoms with E-state index in [2.05, 4.69) is 9.88 Å². The Morgan fingerprint density at radius 3 is 2.39 bits per heavy atom. The smallest absolute Gasteiger partial charge is 0.414 e. The van der Waals surface area contributed by atoms with Gasteiger partial charge in [-0.25, -0.2) is 14.6 Å². The number of oxazole rings is 1. The minimum atomic E-state index is -1.82. The quantitative estimate of drug-likeness (QED) is 0.689. The highest BCUT2D eigenvalue weighted by Crippen LogP contribution is 2.42. The van der Waals surface area contributed by atoms with Crippen LogP contribution in [0.4, 0.5) is 0 Å². The summed E-state index contributed by atoms with van der Waals surface area (Å²) in [6.07, 6.45) is 6.00. The van der Waals surface area contributed by atoms with Crippen molar-refractivity contribution in [2.75, 3.05) is 19.6 Å². The minimum Gasteiger partial charge on any atom is -0.473 e. The lowest BCUT2D eigenvalue weighted by atomic mass is 9.71. The largest absolute Gasteiger partial charge is 0.473 e. The van der Waals surface area contributed by atoms with Gasteiger partial charge in [-0.05, 0) is 19.4 Å². The van der Waals surface area contributed by atoms with Gasteiger partial charge in [0.15, 0.2) is 6.39 Å². The topological polar surface area (TPSA) is 104 Å². The second kappa shape index (κ2) is 4.77. The van der Waals surface area contributed by atoms with E-state index < -0.39 is 11.9 Å². The second-order valence-corrected chi connectivity index (χ2v) is 4.57. The Labute approximate surface area is 103 Å². The molecule has 3 aliphatic heterocycles. The third-order valence-corrected chi connectivity index (χ3v) is 3.32. The third-order valence-electron chi connectivity index (χ3n) is 3.32. The van der Waals surface area contributed by atoms with Crippen LogP contribution in [0.3, 0.4) is 0 Å². The first-order valence-electron chi connectivity index (χ1n) is 5.61. The molecular weight excluding hydrogens is 240 g/mol. The molecule has 7 nitrogen and oxygen atoms in total. The second-order valence-electron chi connectivity index (χ2n) is 4.57. The fourth-order valence-corrected chi connectivity index (χ4v) is 2.52. The average molecular weight is 254 g/mol. The molecule has 3 saturated heterocycles. The van der Waals surface area contributed by atoms with Gasteiger partial charge in [-0.1, -0.05) is 0 Å². The molecule has 1 aromatic rings. The van der Waals surface area contributed by atoms with E-state index in [4.69, 9.17) is 24.2 Å². The molecule has 98 valence electrons. The van der Waals surface area contributed by atoms with E-state index >= 15 is 0 Å². The molecule has 7 heteroatoms. The highest BCUT2D eigenvalue weighted by molar-refractivity contribution is 6.27. The molecule has 4 rings (SSSR count). The molecule has 3 aliphatic rings. The van der Waals surface area contributed by atoms with Gasteiger partial charge in [0.2, 0.25) is 0 Å². The number of aliphatic carboxylic acids is 2. The van der Waals surface area contributed by atoms with Crippen LogP contribution in [0.5, 0.6) is 0 Å². The highest BCUT2D eigenvalue weighted by Gasteiger charge is 2.49. The number of piperidine rings is 2. The van der Waals surface area contributed by atoms with Crippen molar-refractivity contribution in [1.29, 1.82) is 0 Å². The first kappa shape index (κ1) is 12.6. The number of nitrogens with zero attached hydrogens (tertiary/aromatic N) is 2. The zero-order chi connectivity index (χ0) is 13.2. The van der Waals surface area contributed by atoms with Crippen molar-refractivity contribution in [3.8, 4) is 0 Å². The molecule has 2 bridgehead atoms. The van der Waals surface area contributed by atoms with Crippen LogP contribution < -0.4 is 0 Å². The van der Waals surface area contributed by atoms with Gasteiger partial charge < -0.3 is 19.5 Å². The lowest BCUT2D eigenvalue weighted by Crippen LogP contribution is -2.62. The summed E-state index contributed by atoms with van der Waals surface area (Å²) < 4.78 is 5.38. The van der Waals surface area contributed by atoms with Gasteiger partial charge in [0.1, 0.15) is 5.76 Å². The summed E-state index contributed by atoms with van der Waals surface area (Å²) in [5.41, 5.74) is 0.342. The first-order valence-corrected chi connectivity index (χ1v) is 5.61. The number of carboxylic acids is 2. The Morgan fingerprint density at radius 2 is 2.00 bits per heavy atom. The SMILES string of the molecule is O=C(O)C(=O)O.c1ncc(C23CCCN(C2)C3)o1. The van der Waals surface area contributed by atoms with Crippen molar-refractivity contribution in [1.82, 2.24) is 9.88 Å². The Hall–Kier alpha value is -1.89. The molecule has 0 spiro atoms. The molecule has 18 heavy (non-hydrogen) atoms. The normalized spacial score (nSPS) is 28.6. The molecule has 0 aromatic carbocycles. The van der Waals surface area contributed by atoms with Crippen molar-refractivity contribution >= 4 is 11.9 Å². The molecule has 2 N–H and O–H groups in total. The molecule has 0 atom stereocenters. The Bertz CT molecular complexity index is 419. The summed E-state index contributed by atoms with van der Waals surface area (Å²) in [5, 5.41) is 14.8. The zero-order valence-corrected chi connectivity index (χ0v) is 9.70. The molecule has 3 fully saturated rings. The zero-order valence-electron chi connectivity index (χ0n) is 9.70. The Balaban J connectivity index is 0.000000174. The number of aromatic nitrogens is 1. The van der Waals surface area contributed by atoms with Crippen molar-refractivity contribution in [3.05, 3.63) is 18.4 Å². The summed E-state index contributed by atoms with van der Waals surface area (Å²) in [7, 11) is 0. The fourth-order valence-electron chi connectivity index (χ4n) is 2.52. The van der Waals surface area contributed by atoms with Gasteiger partial charge in [0.05, 0.1) is 11.6 Å². The van der Waals surface area contributed by atoms with Crippen LogP contribution in [0.15, 0.2) is 17.0 Å². The molecule has 0 saturated carbocycles. The molecule has 0 radical (unpaired) electrons. The summed E-state index contributed by atoms with van der Waals surface area (Å²) in [5.74, 6) is -2.55. The van der Waals surface area contributed by atoms with E-state index in [-0.39, 0.29) is 0 Å². The lowest BCUT2D eigenvalue weighted by Gasteiger charge is -2.53. The fraction of sp³-hybridized carbons (Fsp3) is 0.545. The predicted octanol–water partition coefficient (Wildman–Crippen LogP) is 0.177. The van der Waals surface area contributed by atoms with Gasteiger partial charge >= 0.3 is 11.9 Å². The third kappa shape index (κ3) is 2.35. The maximum atomic E-state index is 9.10. The molecular formula is C11H14N2O5. The predicted molar refractivity (Wildman–Crippen MR) is 59.1 cm³/mol. The van der Waals surface area contributed by atoms with Crippen molar-refractivity contribution in [2.24, 2.45) is 0 Å². The van der Waals surface area contributed by atoms with E-state index in [0.29, 0.717) is 5.41 Å². The average Bonchev–Trinajstić information content (AvgIpc) is 2.83. The van der Waals surface area contributed by atoms with Crippen molar-refractivity contribution in [2.45, 2.75) is 18.3 Å². The van der Waals surface area contributed by atoms with Crippen LogP contribution in [0.1, 0.15) is 18.6 Å². The molecule has 0 amide bonds. The van der Waals surface area contributed by atoms with Gasteiger partial charge in [-0.3, -0.25) is 0 Å². The number of carbonyl (C=O) groups is 2. The molecule has 0 aliphatic carbocycles. The maximum Gasteiger partial charge on any atom is 0.414 e. The number of fused-ring (bicyclic) bond motifs is 2. The summed E-state index contributed by atoms with van der Waals surface area (Å²) in [4.78, 5) is 24.7. The lowest BCUT2D eigenvalue weighted by molar-refractivity contribution is -0.159. The van der Waals surface area contributed by atoms with E-state index in [1.165, 1.54) is 32.5 Å². The van der Waals surface area contributed by atoms with Crippen molar-refractivity contribution < 1.29 is 24.2 Å². The van der Waals surface area contributed by atoms with Gasteiger partial charge in [-0.2, -0.15) is 0 Å². The molecule has 4 heterocycles. The van der Waals surface area contributed by atoms with Gasteiger partial charge in [-0.15, -0.1) is 0 Å². The van der Waals surface area contributed by atoms with E-state index in [9.17, 15) is 0 Å².